The number of piperazine rings is 1. The predicted molar refractivity (Wildman–Crippen MR) is 166 cm³/mol. The summed E-state index contributed by atoms with van der Waals surface area (Å²) in [7, 11) is 0. The molecular weight excluding hydrogens is 565 g/mol. The van der Waals surface area contributed by atoms with E-state index in [1.165, 1.54) is 22.9 Å². The van der Waals surface area contributed by atoms with Crippen molar-refractivity contribution >= 4 is 28.3 Å². The van der Waals surface area contributed by atoms with Crippen molar-refractivity contribution in [2.75, 3.05) is 36.4 Å². The summed E-state index contributed by atoms with van der Waals surface area (Å²) >= 11 is 0. The van der Waals surface area contributed by atoms with Gasteiger partial charge in [0.15, 0.2) is 0 Å². The van der Waals surface area contributed by atoms with Crippen LogP contribution in [0.2, 0.25) is 0 Å². The molecule has 6 rings (SSSR count). The Balaban J connectivity index is 1.24. The second-order valence-corrected chi connectivity index (χ2v) is 10.6. The van der Waals surface area contributed by atoms with Crippen molar-refractivity contribution < 1.29 is 13.9 Å². The lowest BCUT2D eigenvalue weighted by Crippen LogP contribution is -2.43. The Morgan fingerprint density at radius 1 is 1.00 bits per heavy atom. The zero-order valence-electron chi connectivity index (χ0n) is 24.2. The van der Waals surface area contributed by atoms with E-state index in [-0.39, 0.29) is 17.3 Å². The van der Waals surface area contributed by atoms with Crippen LogP contribution in [-0.2, 0) is 0 Å². The van der Waals surface area contributed by atoms with Gasteiger partial charge in [-0.1, -0.05) is 0 Å². The van der Waals surface area contributed by atoms with Crippen molar-refractivity contribution in [3.05, 3.63) is 111 Å². The molecule has 3 aromatic heterocycles. The summed E-state index contributed by atoms with van der Waals surface area (Å²) in [4.78, 5) is 50.9. The smallest absolute Gasteiger partial charge is 0.335 e. The second kappa shape index (κ2) is 12.1. The van der Waals surface area contributed by atoms with E-state index in [9.17, 15) is 18.8 Å². The molecule has 1 saturated heterocycles. The van der Waals surface area contributed by atoms with Crippen molar-refractivity contribution in [1.29, 1.82) is 0 Å². The molecule has 2 aromatic carbocycles. The van der Waals surface area contributed by atoms with E-state index in [0.717, 1.165) is 54.1 Å². The molecule has 44 heavy (non-hydrogen) atoms. The topological polar surface area (TPSA) is 123 Å². The fourth-order valence-corrected chi connectivity index (χ4v) is 5.02. The lowest BCUT2D eigenvalue weighted by molar-refractivity contribution is 0.102. The van der Waals surface area contributed by atoms with Crippen molar-refractivity contribution in [2.24, 2.45) is 0 Å². The first-order valence-corrected chi connectivity index (χ1v) is 14.2. The van der Waals surface area contributed by atoms with Gasteiger partial charge in [-0.2, -0.15) is 0 Å². The first-order chi connectivity index (χ1) is 21.3. The molecule has 0 radical (unpaired) electrons. The highest BCUT2D eigenvalue weighted by molar-refractivity contribution is 6.03. The third-order valence-corrected chi connectivity index (χ3v) is 7.35. The number of amides is 1. The van der Waals surface area contributed by atoms with Gasteiger partial charge in [0, 0.05) is 55.7 Å². The number of anilines is 2. The minimum absolute atomic E-state index is 0.159. The Kier molecular flexibility index (Phi) is 7.90. The van der Waals surface area contributed by atoms with Crippen LogP contribution in [0.5, 0.6) is 11.5 Å². The maximum absolute atomic E-state index is 13.5. The van der Waals surface area contributed by atoms with Gasteiger partial charge in [0.05, 0.1) is 17.4 Å². The molecule has 224 valence electrons. The molecule has 11 nitrogen and oxygen atoms in total. The number of nitrogens with one attached hydrogen (secondary N) is 2. The number of benzene rings is 2. The number of carbonyl (C=O) groups excluding carboxylic acids is 1. The molecule has 0 bridgehead atoms. The van der Waals surface area contributed by atoms with Crippen LogP contribution in [0.25, 0.3) is 16.6 Å². The van der Waals surface area contributed by atoms with Gasteiger partial charge in [-0.15, -0.1) is 0 Å². The van der Waals surface area contributed by atoms with Gasteiger partial charge in [-0.05, 0) is 74.5 Å². The SMILES string of the molecule is CC(C)n1cc(C(=O)Nc2ccc(Oc3ccnc4cnc(N5CCNCC5)cc34)cc2)c(=O)n(-c2ccc(F)cc2)c1=O. The molecule has 2 N–H and O–H groups in total. The van der Waals surface area contributed by atoms with Crippen molar-refractivity contribution in [1.82, 2.24) is 24.4 Å². The van der Waals surface area contributed by atoms with Crippen LogP contribution in [0.4, 0.5) is 15.9 Å². The molecule has 4 heterocycles. The second-order valence-electron chi connectivity index (χ2n) is 10.6. The van der Waals surface area contributed by atoms with Crippen molar-refractivity contribution in [3.8, 4) is 17.2 Å². The number of nitrogens with zero attached hydrogens (tertiary/aromatic N) is 5. The molecule has 0 unspecified atom stereocenters. The largest absolute Gasteiger partial charge is 0.457 e. The zero-order valence-corrected chi connectivity index (χ0v) is 24.2. The summed E-state index contributed by atoms with van der Waals surface area (Å²) in [5, 5.41) is 6.89. The fourth-order valence-electron chi connectivity index (χ4n) is 5.02. The number of halogens is 1. The van der Waals surface area contributed by atoms with E-state index in [2.05, 4.69) is 25.5 Å². The normalized spacial score (nSPS) is 13.3. The van der Waals surface area contributed by atoms with E-state index in [0.29, 0.717) is 22.7 Å². The quantitative estimate of drug-likeness (QED) is 0.288. The third-order valence-electron chi connectivity index (χ3n) is 7.35. The van der Waals surface area contributed by atoms with Gasteiger partial charge in [0.2, 0.25) is 0 Å². The van der Waals surface area contributed by atoms with Gasteiger partial charge in [0.25, 0.3) is 11.5 Å². The number of carbonyl (C=O) groups is 1. The lowest BCUT2D eigenvalue weighted by Gasteiger charge is -2.28. The Morgan fingerprint density at radius 2 is 1.73 bits per heavy atom. The maximum atomic E-state index is 13.5. The molecule has 12 heteroatoms. The van der Waals surface area contributed by atoms with Crippen LogP contribution in [0, 0.1) is 5.82 Å². The minimum Gasteiger partial charge on any atom is -0.457 e. The summed E-state index contributed by atoms with van der Waals surface area (Å²) in [5.41, 5.74) is -0.391. The summed E-state index contributed by atoms with van der Waals surface area (Å²) in [6.45, 7) is 7.03. The number of aromatic nitrogens is 4. The third kappa shape index (κ3) is 5.79. The Morgan fingerprint density at radius 3 is 2.43 bits per heavy atom. The van der Waals surface area contributed by atoms with Gasteiger partial charge in [-0.25, -0.2) is 18.7 Å². The monoisotopic (exact) mass is 595 g/mol. The summed E-state index contributed by atoms with van der Waals surface area (Å²) in [5.74, 6) is 0.798. The van der Waals surface area contributed by atoms with Crippen LogP contribution >= 0.6 is 0 Å². The zero-order chi connectivity index (χ0) is 30.8. The van der Waals surface area contributed by atoms with Crippen molar-refractivity contribution in [3.63, 3.8) is 0 Å². The highest BCUT2D eigenvalue weighted by Crippen LogP contribution is 2.31. The molecule has 1 amide bonds. The highest BCUT2D eigenvalue weighted by atomic mass is 19.1. The lowest BCUT2D eigenvalue weighted by atomic mass is 10.2. The standard InChI is InChI=1S/C32H30FN7O4/c1-20(2)39-19-26(31(42)40(32(39)43)23-7-3-21(33)4-8-23)30(41)37-22-5-9-24(10-6-22)44-28-11-12-35-27-18-36-29(17-25(27)28)38-15-13-34-14-16-38/h3-12,17-20,34H,13-16H2,1-2H3,(H,37,41). The molecule has 1 aliphatic rings. The molecule has 1 fully saturated rings. The van der Waals surface area contributed by atoms with Gasteiger partial charge < -0.3 is 20.3 Å². The fraction of sp³-hybridized carbons (Fsp3) is 0.219. The Bertz CT molecular complexity index is 1950. The molecular formula is C32H30FN7O4. The van der Waals surface area contributed by atoms with Gasteiger partial charge in [-0.3, -0.25) is 19.1 Å². The van der Waals surface area contributed by atoms with E-state index < -0.39 is 23.0 Å². The molecule has 5 aromatic rings. The minimum atomic E-state index is -0.810. The highest BCUT2D eigenvalue weighted by Gasteiger charge is 2.20. The van der Waals surface area contributed by atoms with Crippen molar-refractivity contribution in [2.45, 2.75) is 19.9 Å². The van der Waals surface area contributed by atoms with Crippen LogP contribution in [0.1, 0.15) is 30.2 Å². The molecule has 0 aliphatic carbocycles. The summed E-state index contributed by atoms with van der Waals surface area (Å²) in [6.07, 6.45) is 4.65. The first-order valence-electron chi connectivity index (χ1n) is 14.2. The van der Waals surface area contributed by atoms with E-state index in [4.69, 9.17) is 4.74 Å². The number of pyridine rings is 2. The summed E-state index contributed by atoms with van der Waals surface area (Å²) < 4.78 is 21.9. The molecule has 0 saturated carbocycles. The summed E-state index contributed by atoms with van der Waals surface area (Å²) in [6, 6.07) is 15.1. The average molecular weight is 596 g/mol. The molecule has 1 aliphatic heterocycles. The number of hydrogen-bond donors (Lipinski definition) is 2. The van der Waals surface area contributed by atoms with E-state index in [1.54, 1.807) is 56.6 Å². The first kappa shape index (κ1) is 28.7. The molecule has 0 spiro atoms. The number of rotatable bonds is 7. The van der Waals surface area contributed by atoms with Crippen LogP contribution in [0.3, 0.4) is 0 Å². The number of hydrogen-bond acceptors (Lipinski definition) is 8. The molecule has 0 atom stereocenters. The number of ether oxygens (including phenoxy) is 1. The Hall–Kier alpha value is -5.36. The van der Waals surface area contributed by atoms with Gasteiger partial charge >= 0.3 is 5.69 Å². The van der Waals surface area contributed by atoms with Crippen LogP contribution in [0.15, 0.2) is 88.8 Å². The average Bonchev–Trinajstić information content (AvgIpc) is 3.03. The van der Waals surface area contributed by atoms with E-state index >= 15 is 0 Å². The predicted octanol–water partition coefficient (Wildman–Crippen LogP) is 4.12. The van der Waals surface area contributed by atoms with Crippen LogP contribution < -0.4 is 31.5 Å². The van der Waals surface area contributed by atoms with Gasteiger partial charge in [0.1, 0.15) is 28.7 Å². The maximum Gasteiger partial charge on any atom is 0.335 e. The van der Waals surface area contributed by atoms with E-state index in [1.807, 2.05) is 6.07 Å². The van der Waals surface area contributed by atoms with Crippen LogP contribution in [-0.4, -0.2) is 51.2 Å². The number of fused-ring (bicyclic) bond motifs is 1. The Labute approximate surface area is 251 Å².